The molecule has 0 spiro atoms. The number of methoxy groups -OCH3 is 1. The van der Waals surface area contributed by atoms with Gasteiger partial charge in [0.1, 0.15) is 6.61 Å². The van der Waals surface area contributed by atoms with E-state index in [9.17, 15) is 0 Å². The van der Waals surface area contributed by atoms with Gasteiger partial charge in [0, 0.05) is 16.8 Å². The summed E-state index contributed by atoms with van der Waals surface area (Å²) in [6.07, 6.45) is -0.504. The maximum Gasteiger partial charge on any atom is 0.247 e. The topological polar surface area (TPSA) is 78.4 Å². The highest BCUT2D eigenvalue weighted by Gasteiger charge is 2.26. The first kappa shape index (κ1) is 22.0. The van der Waals surface area contributed by atoms with Crippen molar-refractivity contribution in [2.45, 2.75) is 24.9 Å². The van der Waals surface area contributed by atoms with Crippen LogP contribution < -0.4 is 19.5 Å². The van der Waals surface area contributed by atoms with E-state index in [1.54, 1.807) is 7.11 Å². The van der Waals surface area contributed by atoms with E-state index in [2.05, 4.69) is 20.5 Å². The van der Waals surface area contributed by atoms with Crippen molar-refractivity contribution in [3.63, 3.8) is 0 Å². The lowest BCUT2D eigenvalue weighted by Crippen LogP contribution is -2.17. The second-order valence-corrected chi connectivity index (χ2v) is 8.78. The number of hydrogen-bond donors (Lipinski definition) is 1. The number of para-hydroxylation sites is 1. The van der Waals surface area contributed by atoms with Crippen molar-refractivity contribution in [3.8, 4) is 28.6 Å². The summed E-state index contributed by atoms with van der Waals surface area (Å²) in [5, 5.41) is 12.7. The highest BCUT2D eigenvalue weighted by Crippen LogP contribution is 2.40. The van der Waals surface area contributed by atoms with E-state index in [4.69, 9.17) is 14.2 Å². The van der Waals surface area contributed by atoms with Gasteiger partial charge in [-0.1, -0.05) is 67.2 Å². The summed E-state index contributed by atoms with van der Waals surface area (Å²) in [6, 6.07) is 23.7. The van der Waals surface area contributed by atoms with E-state index in [1.807, 2.05) is 79.7 Å². The number of ether oxygens (including phenoxy) is 3. The second kappa shape index (κ2) is 10.0. The summed E-state index contributed by atoms with van der Waals surface area (Å²) in [5.74, 6) is 2.58. The van der Waals surface area contributed by atoms with Crippen molar-refractivity contribution >= 4 is 17.4 Å². The molecule has 0 bridgehead atoms. The van der Waals surface area contributed by atoms with Gasteiger partial charge in [-0.2, -0.15) is 4.98 Å². The molecular weight excluding hydrogens is 448 g/mol. The lowest BCUT2D eigenvalue weighted by molar-refractivity contribution is 0.224. The van der Waals surface area contributed by atoms with E-state index in [1.165, 1.54) is 11.8 Å². The predicted octanol–water partition coefficient (Wildman–Crippen LogP) is 5.74. The monoisotopic (exact) mass is 472 g/mol. The number of nitrogens with zero attached hydrogens (tertiary/aromatic N) is 3. The number of nitrogens with one attached hydrogen (secondary N) is 1. The van der Waals surface area contributed by atoms with Crippen LogP contribution in [0.25, 0.3) is 11.3 Å². The third-order valence-electron chi connectivity index (χ3n) is 5.33. The van der Waals surface area contributed by atoms with Crippen LogP contribution in [0.2, 0.25) is 0 Å². The molecule has 2 heterocycles. The van der Waals surface area contributed by atoms with E-state index in [0.717, 1.165) is 28.1 Å². The molecule has 1 N–H and O–H groups in total. The highest BCUT2D eigenvalue weighted by molar-refractivity contribution is 7.99. The zero-order valence-corrected chi connectivity index (χ0v) is 19.7. The average molecular weight is 473 g/mol. The van der Waals surface area contributed by atoms with Crippen LogP contribution in [0.3, 0.4) is 0 Å². The van der Waals surface area contributed by atoms with E-state index < -0.39 is 6.23 Å². The van der Waals surface area contributed by atoms with Gasteiger partial charge in [0.2, 0.25) is 11.0 Å². The average Bonchev–Trinajstić information content (AvgIpc) is 3.05. The van der Waals surface area contributed by atoms with Gasteiger partial charge in [0.15, 0.2) is 23.4 Å². The normalized spacial score (nSPS) is 14.1. The van der Waals surface area contributed by atoms with Crippen molar-refractivity contribution in [2.24, 2.45) is 0 Å². The molecule has 0 radical (unpaired) electrons. The molecular formula is C26H24N4O3S. The van der Waals surface area contributed by atoms with Crippen molar-refractivity contribution in [1.29, 1.82) is 0 Å². The van der Waals surface area contributed by atoms with Crippen molar-refractivity contribution in [2.75, 3.05) is 18.2 Å². The molecule has 7 nitrogen and oxygen atoms in total. The molecule has 0 saturated carbocycles. The van der Waals surface area contributed by atoms with Crippen molar-refractivity contribution in [3.05, 3.63) is 83.9 Å². The highest BCUT2D eigenvalue weighted by atomic mass is 32.2. The molecule has 3 aromatic carbocycles. The summed E-state index contributed by atoms with van der Waals surface area (Å²) >= 11 is 1.52. The van der Waals surface area contributed by atoms with Crippen molar-refractivity contribution in [1.82, 2.24) is 15.2 Å². The van der Waals surface area contributed by atoms with Crippen LogP contribution in [-0.4, -0.2) is 28.0 Å². The van der Waals surface area contributed by atoms with Crippen LogP contribution in [0, 0.1) is 0 Å². The van der Waals surface area contributed by atoms with Crippen LogP contribution in [0.15, 0.2) is 78.0 Å². The Bertz CT molecular complexity index is 1290. The molecule has 1 atom stereocenters. The summed E-state index contributed by atoms with van der Waals surface area (Å²) in [7, 11) is 1.63. The Morgan fingerprint density at radius 2 is 1.79 bits per heavy atom. The first-order valence-corrected chi connectivity index (χ1v) is 12.0. The fraction of sp³-hybridized carbons (Fsp3) is 0.192. The van der Waals surface area contributed by atoms with Gasteiger partial charge in [-0.3, -0.25) is 0 Å². The molecule has 0 fully saturated rings. The molecule has 172 valence electrons. The Morgan fingerprint density at radius 3 is 2.62 bits per heavy atom. The maximum atomic E-state index is 6.35. The first-order valence-electron chi connectivity index (χ1n) is 11.0. The Morgan fingerprint density at radius 1 is 0.971 bits per heavy atom. The Kier molecular flexibility index (Phi) is 6.49. The van der Waals surface area contributed by atoms with Crippen LogP contribution in [-0.2, 0) is 6.61 Å². The molecule has 0 amide bonds. The predicted molar refractivity (Wildman–Crippen MR) is 132 cm³/mol. The summed E-state index contributed by atoms with van der Waals surface area (Å²) in [6.45, 7) is 2.50. The van der Waals surface area contributed by atoms with Gasteiger partial charge in [-0.25, -0.2) is 0 Å². The molecule has 5 rings (SSSR count). The minimum absolute atomic E-state index is 0.441. The number of thioether (sulfide) groups is 1. The van der Waals surface area contributed by atoms with Crippen LogP contribution in [0.1, 0.15) is 24.3 Å². The van der Waals surface area contributed by atoms with E-state index in [0.29, 0.717) is 34.8 Å². The molecule has 8 heteroatoms. The van der Waals surface area contributed by atoms with Gasteiger partial charge in [-0.05, 0) is 35.6 Å². The number of aromatic nitrogens is 3. The summed E-state index contributed by atoms with van der Waals surface area (Å²) < 4.78 is 18.0. The van der Waals surface area contributed by atoms with Gasteiger partial charge in [-0.15, -0.1) is 10.2 Å². The second-order valence-electron chi connectivity index (χ2n) is 7.55. The fourth-order valence-corrected chi connectivity index (χ4v) is 4.19. The number of fused-ring (bicyclic) bond motifs is 3. The molecule has 1 aromatic heterocycles. The van der Waals surface area contributed by atoms with Gasteiger partial charge >= 0.3 is 0 Å². The number of rotatable bonds is 7. The maximum absolute atomic E-state index is 6.35. The van der Waals surface area contributed by atoms with Gasteiger partial charge in [0.25, 0.3) is 0 Å². The number of hydrogen-bond acceptors (Lipinski definition) is 8. The van der Waals surface area contributed by atoms with Gasteiger partial charge in [0.05, 0.1) is 7.11 Å². The Labute approximate surface area is 202 Å². The number of benzene rings is 3. The number of anilines is 1. The van der Waals surface area contributed by atoms with Crippen molar-refractivity contribution < 1.29 is 14.2 Å². The molecule has 34 heavy (non-hydrogen) atoms. The standard InChI is InChI=1S/C26H24N4O3S/c1-3-34-26-28-25-23(29-30-26)19-11-7-8-12-20(19)27-24(33-25)18-13-14-21(22(15-18)31-2)32-16-17-9-5-4-6-10-17/h4-15,24,27H,3,16H2,1-2H3. The molecule has 0 aliphatic carbocycles. The minimum Gasteiger partial charge on any atom is -0.493 e. The molecule has 1 aliphatic heterocycles. The third kappa shape index (κ3) is 4.63. The van der Waals surface area contributed by atoms with Crippen LogP contribution in [0.5, 0.6) is 17.4 Å². The molecule has 4 aromatic rings. The summed E-state index contributed by atoms with van der Waals surface area (Å²) in [4.78, 5) is 4.63. The molecule has 1 unspecified atom stereocenters. The van der Waals surface area contributed by atoms with Gasteiger partial charge < -0.3 is 19.5 Å². The molecule has 1 aliphatic rings. The first-order chi connectivity index (χ1) is 16.7. The zero-order chi connectivity index (χ0) is 23.3. The smallest absolute Gasteiger partial charge is 0.247 e. The Balaban J connectivity index is 1.46. The zero-order valence-electron chi connectivity index (χ0n) is 18.9. The lowest BCUT2D eigenvalue weighted by Gasteiger charge is -2.21. The van der Waals surface area contributed by atoms with E-state index in [-0.39, 0.29) is 0 Å². The van der Waals surface area contributed by atoms with Crippen LogP contribution in [0.4, 0.5) is 5.69 Å². The fourth-order valence-electron chi connectivity index (χ4n) is 3.69. The molecule has 0 saturated heterocycles. The van der Waals surface area contributed by atoms with E-state index >= 15 is 0 Å². The quantitative estimate of drug-likeness (QED) is 0.341. The van der Waals surface area contributed by atoms with Crippen LogP contribution >= 0.6 is 11.8 Å². The largest absolute Gasteiger partial charge is 0.493 e. The summed E-state index contributed by atoms with van der Waals surface area (Å²) in [5.41, 5.74) is 4.35. The minimum atomic E-state index is -0.504. The lowest BCUT2D eigenvalue weighted by atomic mass is 10.1. The Hall–Kier alpha value is -3.78. The SMILES string of the molecule is CCSc1nnc2c(n1)OC(c1ccc(OCc3ccccc3)c(OC)c1)Nc1ccccc1-2. The third-order valence-corrected chi connectivity index (χ3v) is 6.05.